The summed E-state index contributed by atoms with van der Waals surface area (Å²) in [6, 6.07) is 7.16. The van der Waals surface area contributed by atoms with Gasteiger partial charge in [0, 0.05) is 10.4 Å². The lowest BCUT2D eigenvalue weighted by molar-refractivity contribution is -0.178. The Kier molecular flexibility index (Phi) is 4.54. The Hall–Kier alpha value is -1.06. The highest BCUT2D eigenvalue weighted by atomic mass is 35.5. The molecule has 0 aromatic heterocycles. The van der Waals surface area contributed by atoms with E-state index in [9.17, 15) is 10.0 Å². The highest BCUT2D eigenvalue weighted by Gasteiger charge is 2.29. The standard InChI is InChI=1S/C13H18ClNO2/c1-4-13(2,3)12(16)15(17)9-10-7-5-6-8-11(10)14/h5-8,17H,4,9H2,1-3H3. The molecule has 0 bridgehead atoms. The van der Waals surface area contributed by atoms with Crippen molar-refractivity contribution in [2.45, 2.75) is 33.7 Å². The molecule has 0 aliphatic carbocycles. The lowest BCUT2D eigenvalue weighted by atomic mass is 9.89. The molecule has 0 fully saturated rings. The highest BCUT2D eigenvalue weighted by molar-refractivity contribution is 6.31. The maximum atomic E-state index is 11.9. The van der Waals surface area contributed by atoms with Gasteiger partial charge in [-0.15, -0.1) is 0 Å². The zero-order valence-electron chi connectivity index (χ0n) is 10.4. The van der Waals surface area contributed by atoms with Gasteiger partial charge in [0.05, 0.1) is 6.54 Å². The second kappa shape index (κ2) is 5.52. The molecule has 0 aliphatic heterocycles. The summed E-state index contributed by atoms with van der Waals surface area (Å²) < 4.78 is 0. The SMILES string of the molecule is CCC(C)(C)C(=O)N(O)Cc1ccccc1Cl. The van der Waals surface area contributed by atoms with Crippen LogP contribution < -0.4 is 0 Å². The Labute approximate surface area is 107 Å². The molecule has 1 N–H and O–H groups in total. The van der Waals surface area contributed by atoms with Crippen molar-refractivity contribution in [3.63, 3.8) is 0 Å². The molecule has 17 heavy (non-hydrogen) atoms. The molecule has 1 amide bonds. The van der Waals surface area contributed by atoms with Gasteiger partial charge < -0.3 is 0 Å². The number of nitrogens with zero attached hydrogens (tertiary/aromatic N) is 1. The third-order valence-electron chi connectivity index (χ3n) is 2.98. The molecule has 0 saturated heterocycles. The van der Waals surface area contributed by atoms with Crippen LogP contribution in [0.25, 0.3) is 0 Å². The first-order valence-electron chi connectivity index (χ1n) is 5.62. The topological polar surface area (TPSA) is 40.5 Å². The molecule has 1 aromatic carbocycles. The van der Waals surface area contributed by atoms with Gasteiger partial charge >= 0.3 is 0 Å². The second-order valence-corrected chi connectivity index (χ2v) is 5.10. The van der Waals surface area contributed by atoms with Crippen molar-refractivity contribution in [1.29, 1.82) is 0 Å². The van der Waals surface area contributed by atoms with Crippen molar-refractivity contribution in [1.82, 2.24) is 5.06 Å². The van der Waals surface area contributed by atoms with E-state index in [1.54, 1.807) is 12.1 Å². The van der Waals surface area contributed by atoms with E-state index in [-0.39, 0.29) is 12.5 Å². The Morgan fingerprint density at radius 3 is 2.53 bits per heavy atom. The van der Waals surface area contributed by atoms with E-state index in [0.717, 1.165) is 10.6 Å². The zero-order valence-corrected chi connectivity index (χ0v) is 11.2. The predicted molar refractivity (Wildman–Crippen MR) is 67.9 cm³/mol. The lowest BCUT2D eigenvalue weighted by Gasteiger charge is -2.26. The molecule has 1 rings (SSSR count). The van der Waals surface area contributed by atoms with Crippen molar-refractivity contribution in [3.8, 4) is 0 Å². The molecular formula is C13H18ClNO2. The van der Waals surface area contributed by atoms with E-state index < -0.39 is 5.41 Å². The Morgan fingerprint density at radius 1 is 1.41 bits per heavy atom. The minimum atomic E-state index is -0.560. The number of benzene rings is 1. The highest BCUT2D eigenvalue weighted by Crippen LogP contribution is 2.24. The normalized spacial score (nSPS) is 11.4. The van der Waals surface area contributed by atoms with Crippen molar-refractivity contribution in [2.24, 2.45) is 5.41 Å². The first-order chi connectivity index (χ1) is 7.88. The monoisotopic (exact) mass is 255 g/mol. The largest absolute Gasteiger partial charge is 0.286 e. The van der Waals surface area contributed by atoms with Gasteiger partial charge in [-0.3, -0.25) is 10.0 Å². The Balaban J connectivity index is 2.77. The number of halogens is 1. The Bertz CT molecular complexity index is 404. The van der Waals surface area contributed by atoms with Crippen LogP contribution in [0.5, 0.6) is 0 Å². The van der Waals surface area contributed by atoms with Gasteiger partial charge in [-0.05, 0) is 18.1 Å². The van der Waals surface area contributed by atoms with Crippen LogP contribution in [-0.4, -0.2) is 16.2 Å². The number of hydroxylamine groups is 2. The van der Waals surface area contributed by atoms with E-state index in [1.165, 1.54) is 0 Å². The number of carbonyl (C=O) groups excluding carboxylic acids is 1. The number of amides is 1. The summed E-state index contributed by atoms with van der Waals surface area (Å²) in [5.74, 6) is -0.292. The summed E-state index contributed by atoms with van der Waals surface area (Å²) >= 11 is 5.97. The van der Waals surface area contributed by atoms with Crippen LogP contribution in [0.2, 0.25) is 5.02 Å². The molecule has 0 unspecified atom stereocenters. The number of hydrogen-bond acceptors (Lipinski definition) is 2. The Morgan fingerprint density at radius 2 is 2.00 bits per heavy atom. The second-order valence-electron chi connectivity index (χ2n) is 4.69. The van der Waals surface area contributed by atoms with E-state index >= 15 is 0 Å². The van der Waals surface area contributed by atoms with Gasteiger partial charge in [0.25, 0.3) is 5.91 Å². The van der Waals surface area contributed by atoms with Gasteiger partial charge in [-0.1, -0.05) is 50.6 Å². The molecular weight excluding hydrogens is 238 g/mol. The fraction of sp³-hybridized carbons (Fsp3) is 0.462. The lowest BCUT2D eigenvalue weighted by Crippen LogP contribution is -2.38. The van der Waals surface area contributed by atoms with Gasteiger partial charge in [-0.2, -0.15) is 0 Å². The van der Waals surface area contributed by atoms with Crippen molar-refractivity contribution in [3.05, 3.63) is 34.9 Å². The van der Waals surface area contributed by atoms with Crippen molar-refractivity contribution in [2.75, 3.05) is 0 Å². The number of carbonyl (C=O) groups is 1. The smallest absolute Gasteiger partial charge is 0.251 e. The third kappa shape index (κ3) is 3.45. The molecule has 1 aromatic rings. The van der Waals surface area contributed by atoms with Crippen LogP contribution in [-0.2, 0) is 11.3 Å². The molecule has 4 heteroatoms. The van der Waals surface area contributed by atoms with Crippen LogP contribution in [0.1, 0.15) is 32.8 Å². The van der Waals surface area contributed by atoms with E-state index in [1.807, 2.05) is 32.9 Å². The van der Waals surface area contributed by atoms with Crippen LogP contribution in [0, 0.1) is 5.41 Å². The van der Waals surface area contributed by atoms with Crippen LogP contribution >= 0.6 is 11.6 Å². The maximum absolute atomic E-state index is 11.9. The van der Waals surface area contributed by atoms with E-state index in [0.29, 0.717) is 11.4 Å². The minimum Gasteiger partial charge on any atom is -0.286 e. The van der Waals surface area contributed by atoms with Crippen LogP contribution in [0.3, 0.4) is 0 Å². The first kappa shape index (κ1) is 14.0. The predicted octanol–water partition coefficient (Wildman–Crippen LogP) is 3.49. The molecule has 0 spiro atoms. The third-order valence-corrected chi connectivity index (χ3v) is 3.34. The van der Waals surface area contributed by atoms with Crippen molar-refractivity contribution < 1.29 is 10.0 Å². The van der Waals surface area contributed by atoms with Crippen LogP contribution in [0.4, 0.5) is 0 Å². The summed E-state index contributed by atoms with van der Waals surface area (Å²) in [5.41, 5.74) is 0.174. The molecule has 0 atom stereocenters. The quantitative estimate of drug-likeness (QED) is 0.661. The average molecular weight is 256 g/mol. The summed E-state index contributed by atoms with van der Waals surface area (Å²) in [6.07, 6.45) is 0.672. The first-order valence-corrected chi connectivity index (χ1v) is 6.00. The number of hydrogen-bond donors (Lipinski definition) is 1. The summed E-state index contributed by atoms with van der Waals surface area (Å²) in [6.45, 7) is 5.65. The summed E-state index contributed by atoms with van der Waals surface area (Å²) in [4.78, 5) is 11.9. The maximum Gasteiger partial charge on any atom is 0.251 e. The fourth-order valence-corrected chi connectivity index (χ4v) is 1.56. The molecule has 0 heterocycles. The van der Waals surface area contributed by atoms with E-state index in [4.69, 9.17) is 11.6 Å². The van der Waals surface area contributed by atoms with Gasteiger partial charge in [0.1, 0.15) is 0 Å². The van der Waals surface area contributed by atoms with Gasteiger partial charge in [0.2, 0.25) is 0 Å². The molecule has 3 nitrogen and oxygen atoms in total. The molecule has 94 valence electrons. The summed E-state index contributed by atoms with van der Waals surface area (Å²) in [7, 11) is 0. The van der Waals surface area contributed by atoms with E-state index in [2.05, 4.69) is 0 Å². The van der Waals surface area contributed by atoms with Crippen LogP contribution in [0.15, 0.2) is 24.3 Å². The van der Waals surface area contributed by atoms with Gasteiger partial charge in [0.15, 0.2) is 0 Å². The average Bonchev–Trinajstić information content (AvgIpc) is 2.31. The fourth-order valence-electron chi connectivity index (χ4n) is 1.36. The minimum absolute atomic E-state index is 0.113. The van der Waals surface area contributed by atoms with Gasteiger partial charge in [-0.25, -0.2) is 5.06 Å². The van der Waals surface area contributed by atoms with Crippen molar-refractivity contribution >= 4 is 17.5 Å². The molecule has 0 aliphatic rings. The summed E-state index contributed by atoms with van der Waals surface area (Å²) in [5, 5.41) is 11.1. The molecule has 0 radical (unpaired) electrons. The molecule has 0 saturated carbocycles. The zero-order chi connectivity index (χ0) is 13.1. The number of rotatable bonds is 4.